The number of carbonyl (C=O) groups excluding carboxylic acids is 2. The molecule has 0 aliphatic rings. The molecule has 0 saturated carbocycles. The lowest BCUT2D eigenvalue weighted by atomic mass is 10.1. The fourth-order valence-electron chi connectivity index (χ4n) is 2.63. The quantitative estimate of drug-likeness (QED) is 0.317. The normalized spacial score (nSPS) is 10.2. The number of anilines is 1. The summed E-state index contributed by atoms with van der Waals surface area (Å²) in [4.78, 5) is 23.4. The minimum atomic E-state index is -0.386. The van der Waals surface area contributed by atoms with E-state index in [4.69, 9.17) is 21.7 Å². The lowest BCUT2D eigenvalue weighted by Gasteiger charge is -2.11. The van der Waals surface area contributed by atoms with Crippen LogP contribution in [0.3, 0.4) is 0 Å². The standard InChI is InChI=1S/C23H28N2O4S/c1-2-15-29-22(27)14-13-21(26)25-23(30)24-19-11-6-12-20(17-19)28-16-7-10-18-8-4-3-5-9-18/h3-6,8-9,11-12,17H,2,7,10,13-16H2,1H3,(H2,24,25,26,30). The molecule has 160 valence electrons. The second-order valence-corrected chi connectivity index (χ2v) is 7.10. The summed E-state index contributed by atoms with van der Waals surface area (Å²) >= 11 is 5.17. The second-order valence-electron chi connectivity index (χ2n) is 6.69. The van der Waals surface area contributed by atoms with E-state index in [9.17, 15) is 9.59 Å². The SMILES string of the molecule is CCCOC(=O)CCC(=O)NC(=S)Nc1cccc(OCCCc2ccccc2)c1. The van der Waals surface area contributed by atoms with Crippen molar-refractivity contribution in [3.8, 4) is 5.75 Å². The van der Waals surface area contributed by atoms with E-state index >= 15 is 0 Å². The Bertz CT molecular complexity index is 827. The van der Waals surface area contributed by atoms with Gasteiger partial charge in [0.25, 0.3) is 0 Å². The van der Waals surface area contributed by atoms with Gasteiger partial charge in [-0.3, -0.25) is 9.59 Å². The Morgan fingerprint density at radius 2 is 1.80 bits per heavy atom. The summed E-state index contributed by atoms with van der Waals surface area (Å²) in [6.45, 7) is 2.88. The van der Waals surface area contributed by atoms with Crippen molar-refractivity contribution in [2.75, 3.05) is 18.5 Å². The van der Waals surface area contributed by atoms with Crippen molar-refractivity contribution in [3.63, 3.8) is 0 Å². The molecular formula is C23H28N2O4S. The van der Waals surface area contributed by atoms with Crippen molar-refractivity contribution in [1.82, 2.24) is 5.32 Å². The average molecular weight is 429 g/mol. The maximum Gasteiger partial charge on any atom is 0.306 e. The number of aryl methyl sites for hydroxylation is 1. The molecule has 0 aromatic heterocycles. The number of hydrogen-bond acceptors (Lipinski definition) is 5. The highest BCUT2D eigenvalue weighted by Gasteiger charge is 2.09. The number of ether oxygens (including phenoxy) is 2. The van der Waals surface area contributed by atoms with Gasteiger partial charge in [-0.25, -0.2) is 0 Å². The number of benzene rings is 2. The maximum atomic E-state index is 11.9. The van der Waals surface area contributed by atoms with Gasteiger partial charge in [0.2, 0.25) is 5.91 Å². The molecular weight excluding hydrogens is 400 g/mol. The molecule has 0 aliphatic heterocycles. The van der Waals surface area contributed by atoms with Gasteiger partial charge < -0.3 is 20.1 Å². The molecule has 0 spiro atoms. The van der Waals surface area contributed by atoms with Crippen LogP contribution in [-0.2, 0) is 20.7 Å². The van der Waals surface area contributed by atoms with Crippen molar-refractivity contribution in [2.24, 2.45) is 0 Å². The minimum Gasteiger partial charge on any atom is -0.494 e. The third-order valence-electron chi connectivity index (χ3n) is 4.09. The molecule has 0 bridgehead atoms. The van der Waals surface area contributed by atoms with Gasteiger partial charge in [-0.15, -0.1) is 0 Å². The first-order valence-corrected chi connectivity index (χ1v) is 10.5. The lowest BCUT2D eigenvalue weighted by Crippen LogP contribution is -2.34. The Kier molecular flexibility index (Phi) is 10.4. The van der Waals surface area contributed by atoms with Crippen LogP contribution in [0.5, 0.6) is 5.75 Å². The summed E-state index contributed by atoms with van der Waals surface area (Å²) < 4.78 is 10.7. The largest absolute Gasteiger partial charge is 0.494 e. The van der Waals surface area contributed by atoms with Crippen LogP contribution >= 0.6 is 12.2 Å². The number of rotatable bonds is 11. The van der Waals surface area contributed by atoms with Crippen LogP contribution in [0.25, 0.3) is 0 Å². The van der Waals surface area contributed by atoms with E-state index in [-0.39, 0.29) is 29.8 Å². The first kappa shape index (κ1) is 23.3. The van der Waals surface area contributed by atoms with Crippen molar-refractivity contribution in [2.45, 2.75) is 39.0 Å². The van der Waals surface area contributed by atoms with E-state index in [1.807, 2.05) is 49.4 Å². The molecule has 0 atom stereocenters. The van der Waals surface area contributed by atoms with Gasteiger partial charge in [0, 0.05) is 18.2 Å². The molecule has 2 aromatic rings. The Balaban J connectivity index is 1.70. The highest BCUT2D eigenvalue weighted by atomic mass is 32.1. The molecule has 7 heteroatoms. The third kappa shape index (κ3) is 9.52. The molecule has 6 nitrogen and oxygen atoms in total. The van der Waals surface area contributed by atoms with Crippen LogP contribution < -0.4 is 15.4 Å². The molecule has 0 radical (unpaired) electrons. The Morgan fingerprint density at radius 1 is 1.00 bits per heavy atom. The monoisotopic (exact) mass is 428 g/mol. The second kappa shape index (κ2) is 13.3. The Morgan fingerprint density at radius 3 is 2.57 bits per heavy atom. The first-order valence-electron chi connectivity index (χ1n) is 10.1. The number of esters is 1. The van der Waals surface area contributed by atoms with Crippen LogP contribution in [0.2, 0.25) is 0 Å². The summed E-state index contributed by atoms with van der Waals surface area (Å²) in [5.74, 6) is -0.00175. The summed E-state index contributed by atoms with van der Waals surface area (Å²) in [7, 11) is 0. The topological polar surface area (TPSA) is 76.7 Å². The van der Waals surface area contributed by atoms with Crippen molar-refractivity contribution in [3.05, 3.63) is 60.2 Å². The van der Waals surface area contributed by atoms with Crippen LogP contribution in [0.4, 0.5) is 5.69 Å². The lowest BCUT2D eigenvalue weighted by molar-refractivity contribution is -0.144. The highest BCUT2D eigenvalue weighted by molar-refractivity contribution is 7.80. The molecule has 0 saturated heterocycles. The van der Waals surface area contributed by atoms with E-state index in [0.717, 1.165) is 25.0 Å². The fraction of sp³-hybridized carbons (Fsp3) is 0.348. The van der Waals surface area contributed by atoms with Crippen LogP contribution in [-0.4, -0.2) is 30.2 Å². The molecule has 2 aromatic carbocycles. The predicted octanol–water partition coefficient (Wildman–Crippen LogP) is 4.24. The highest BCUT2D eigenvalue weighted by Crippen LogP contribution is 2.18. The summed E-state index contributed by atoms with van der Waals surface area (Å²) in [6, 6.07) is 17.7. The van der Waals surface area contributed by atoms with Crippen LogP contribution in [0.1, 0.15) is 38.2 Å². The van der Waals surface area contributed by atoms with Crippen molar-refractivity contribution >= 4 is 34.9 Å². The fourth-order valence-corrected chi connectivity index (χ4v) is 2.86. The van der Waals surface area contributed by atoms with Crippen LogP contribution in [0.15, 0.2) is 54.6 Å². The van der Waals surface area contributed by atoms with E-state index in [0.29, 0.717) is 18.9 Å². The molecule has 1 amide bonds. The summed E-state index contributed by atoms with van der Waals surface area (Å²) in [5, 5.41) is 5.69. The molecule has 2 rings (SSSR count). The number of thiocarbonyl (C=S) groups is 1. The van der Waals surface area contributed by atoms with Crippen LogP contribution in [0, 0.1) is 0 Å². The maximum absolute atomic E-state index is 11.9. The summed E-state index contributed by atoms with van der Waals surface area (Å²) in [6.07, 6.45) is 2.68. The summed E-state index contributed by atoms with van der Waals surface area (Å²) in [5.41, 5.74) is 2.00. The zero-order valence-electron chi connectivity index (χ0n) is 17.2. The molecule has 2 N–H and O–H groups in total. The Hall–Kier alpha value is -2.93. The molecule has 0 aliphatic carbocycles. The van der Waals surface area contributed by atoms with Gasteiger partial charge in [-0.2, -0.15) is 0 Å². The minimum absolute atomic E-state index is 0.0228. The van der Waals surface area contributed by atoms with E-state index in [1.165, 1.54) is 5.56 Å². The van der Waals surface area contributed by atoms with E-state index in [2.05, 4.69) is 22.8 Å². The first-order chi connectivity index (χ1) is 14.6. The van der Waals surface area contributed by atoms with Gasteiger partial charge in [0.05, 0.1) is 19.6 Å². The van der Waals surface area contributed by atoms with Gasteiger partial charge in [0.15, 0.2) is 5.11 Å². The van der Waals surface area contributed by atoms with Gasteiger partial charge in [-0.05, 0) is 49.2 Å². The van der Waals surface area contributed by atoms with Crippen molar-refractivity contribution < 1.29 is 19.1 Å². The number of carbonyl (C=O) groups is 2. The molecule has 0 unspecified atom stereocenters. The van der Waals surface area contributed by atoms with E-state index < -0.39 is 0 Å². The number of nitrogens with one attached hydrogen (secondary N) is 2. The number of hydrogen-bond donors (Lipinski definition) is 2. The zero-order valence-corrected chi connectivity index (χ0v) is 18.0. The molecule has 30 heavy (non-hydrogen) atoms. The van der Waals surface area contributed by atoms with Gasteiger partial charge in [-0.1, -0.05) is 43.3 Å². The average Bonchev–Trinajstić information content (AvgIpc) is 2.74. The predicted molar refractivity (Wildman–Crippen MR) is 122 cm³/mol. The Labute approximate surface area is 183 Å². The van der Waals surface area contributed by atoms with Gasteiger partial charge in [0.1, 0.15) is 5.75 Å². The smallest absolute Gasteiger partial charge is 0.306 e. The molecule has 0 heterocycles. The molecule has 0 fully saturated rings. The zero-order chi connectivity index (χ0) is 21.6. The van der Waals surface area contributed by atoms with E-state index in [1.54, 1.807) is 0 Å². The third-order valence-corrected chi connectivity index (χ3v) is 4.29. The van der Waals surface area contributed by atoms with Crippen molar-refractivity contribution in [1.29, 1.82) is 0 Å². The van der Waals surface area contributed by atoms with Gasteiger partial charge >= 0.3 is 5.97 Å². The number of amides is 1.